The summed E-state index contributed by atoms with van der Waals surface area (Å²) in [5, 5.41) is 0. The highest BCUT2D eigenvalue weighted by Crippen LogP contribution is 2.38. The minimum absolute atomic E-state index is 0.268. The van der Waals surface area contributed by atoms with Crippen molar-refractivity contribution in [1.82, 2.24) is 0 Å². The molecule has 0 spiro atoms. The Morgan fingerprint density at radius 3 is 2.32 bits per heavy atom. The van der Waals surface area contributed by atoms with E-state index in [1.54, 1.807) is 0 Å². The molecule has 1 aliphatic rings. The van der Waals surface area contributed by atoms with Gasteiger partial charge in [-0.05, 0) is 69.1 Å². The van der Waals surface area contributed by atoms with E-state index in [1.807, 2.05) is 26.0 Å². The first-order valence-electron chi connectivity index (χ1n) is 9.98. The van der Waals surface area contributed by atoms with E-state index >= 15 is 0 Å². The molecule has 0 atom stereocenters. The van der Waals surface area contributed by atoms with Crippen LogP contribution in [0, 0.1) is 11.3 Å². The molecule has 1 aromatic carbocycles. The molecule has 3 heteroatoms. The van der Waals surface area contributed by atoms with Crippen LogP contribution < -0.4 is 10.5 Å². The van der Waals surface area contributed by atoms with Crippen LogP contribution in [0.2, 0.25) is 0 Å². The molecule has 3 nitrogen and oxygen atoms in total. The van der Waals surface area contributed by atoms with Crippen molar-refractivity contribution in [1.29, 1.82) is 0 Å². The van der Waals surface area contributed by atoms with Crippen molar-refractivity contribution in [3.05, 3.63) is 29.8 Å². The number of carbonyl (C=O) groups is 1. The second-order valence-electron chi connectivity index (χ2n) is 8.26. The van der Waals surface area contributed by atoms with E-state index in [1.165, 1.54) is 56.9 Å². The first kappa shape index (κ1) is 20.0. The highest BCUT2D eigenvalue weighted by Gasteiger charge is 2.28. The fourth-order valence-electron chi connectivity index (χ4n) is 3.60. The van der Waals surface area contributed by atoms with E-state index in [0.717, 1.165) is 5.92 Å². The summed E-state index contributed by atoms with van der Waals surface area (Å²) in [4.78, 5) is 12.1. The zero-order chi connectivity index (χ0) is 18.3. The monoisotopic (exact) mass is 345 g/mol. The minimum atomic E-state index is -0.644. The molecule has 1 aromatic rings. The van der Waals surface area contributed by atoms with E-state index in [2.05, 4.69) is 19.1 Å². The molecule has 1 aliphatic carbocycles. The van der Waals surface area contributed by atoms with Gasteiger partial charge in [0.05, 0.1) is 5.41 Å². The molecule has 0 bridgehead atoms. The summed E-state index contributed by atoms with van der Waals surface area (Å²) in [7, 11) is 0. The lowest BCUT2D eigenvalue weighted by molar-refractivity contribution is -0.143. The lowest BCUT2D eigenvalue weighted by Gasteiger charge is -2.29. The van der Waals surface area contributed by atoms with Crippen LogP contribution in [0.15, 0.2) is 24.3 Å². The van der Waals surface area contributed by atoms with Crippen LogP contribution >= 0.6 is 0 Å². The van der Waals surface area contributed by atoms with Crippen LogP contribution in [0.5, 0.6) is 5.75 Å². The third kappa shape index (κ3) is 5.85. The number of carbonyl (C=O) groups excluding carboxylic acids is 1. The Hall–Kier alpha value is -1.35. The van der Waals surface area contributed by atoms with Crippen LogP contribution in [0.3, 0.4) is 0 Å². The first-order chi connectivity index (χ1) is 12.0. The zero-order valence-corrected chi connectivity index (χ0v) is 16.2. The Kier molecular flexibility index (Phi) is 7.49. The Labute approximate surface area is 153 Å². The summed E-state index contributed by atoms with van der Waals surface area (Å²) in [6, 6.07) is 8.10. The van der Waals surface area contributed by atoms with Gasteiger partial charge in [0.25, 0.3) is 0 Å². The van der Waals surface area contributed by atoms with Gasteiger partial charge >= 0.3 is 5.97 Å². The summed E-state index contributed by atoms with van der Waals surface area (Å²) >= 11 is 0. The average molecular weight is 346 g/mol. The Morgan fingerprint density at radius 1 is 1.12 bits per heavy atom. The van der Waals surface area contributed by atoms with Crippen molar-refractivity contribution in [2.24, 2.45) is 17.1 Å². The quantitative estimate of drug-likeness (QED) is 0.388. The molecular formula is C22H35NO2. The Balaban J connectivity index is 1.84. The van der Waals surface area contributed by atoms with E-state index < -0.39 is 5.41 Å². The number of hydrogen-bond acceptors (Lipinski definition) is 3. The zero-order valence-electron chi connectivity index (χ0n) is 16.2. The molecule has 0 saturated heterocycles. The van der Waals surface area contributed by atoms with Gasteiger partial charge in [-0.15, -0.1) is 0 Å². The van der Waals surface area contributed by atoms with Gasteiger partial charge in [0.1, 0.15) is 5.75 Å². The standard InChI is InChI=1S/C22H35NO2/c1-4-5-6-7-17-8-10-18(11-9-17)19-12-14-20(15-13-19)25-21(24)22(2,3)16-23/h12-15,17-18H,4-11,16,23H2,1-3H3. The smallest absolute Gasteiger partial charge is 0.318 e. The van der Waals surface area contributed by atoms with E-state index in [9.17, 15) is 4.79 Å². The normalized spacial score (nSPS) is 21.1. The van der Waals surface area contributed by atoms with Gasteiger partial charge in [0.15, 0.2) is 0 Å². The molecule has 2 rings (SSSR count). The SMILES string of the molecule is CCCCCC1CCC(c2ccc(OC(=O)C(C)(C)CN)cc2)CC1. The van der Waals surface area contributed by atoms with Gasteiger partial charge in [-0.1, -0.05) is 44.7 Å². The molecule has 0 unspecified atom stereocenters. The summed E-state index contributed by atoms with van der Waals surface area (Å²) < 4.78 is 5.47. The largest absolute Gasteiger partial charge is 0.426 e. The highest BCUT2D eigenvalue weighted by atomic mass is 16.5. The lowest BCUT2D eigenvalue weighted by Crippen LogP contribution is -2.36. The molecule has 0 amide bonds. The van der Waals surface area contributed by atoms with Crippen LogP contribution in [-0.4, -0.2) is 12.5 Å². The number of unbranched alkanes of at least 4 members (excludes halogenated alkanes) is 2. The maximum absolute atomic E-state index is 12.1. The second kappa shape index (κ2) is 9.38. The van der Waals surface area contributed by atoms with Crippen molar-refractivity contribution in [2.75, 3.05) is 6.54 Å². The van der Waals surface area contributed by atoms with Crippen molar-refractivity contribution in [2.45, 2.75) is 78.1 Å². The van der Waals surface area contributed by atoms with E-state index in [4.69, 9.17) is 10.5 Å². The summed E-state index contributed by atoms with van der Waals surface area (Å²) in [5.74, 6) is 1.94. The van der Waals surface area contributed by atoms with Crippen LogP contribution in [0.4, 0.5) is 0 Å². The van der Waals surface area contributed by atoms with E-state index in [-0.39, 0.29) is 12.5 Å². The summed E-state index contributed by atoms with van der Waals surface area (Å²) in [5.41, 5.74) is 6.37. The van der Waals surface area contributed by atoms with Gasteiger partial charge < -0.3 is 10.5 Å². The molecule has 0 radical (unpaired) electrons. The molecule has 25 heavy (non-hydrogen) atoms. The number of benzene rings is 1. The lowest BCUT2D eigenvalue weighted by atomic mass is 9.77. The third-order valence-corrected chi connectivity index (χ3v) is 5.69. The third-order valence-electron chi connectivity index (χ3n) is 5.69. The van der Waals surface area contributed by atoms with Crippen molar-refractivity contribution in [3.63, 3.8) is 0 Å². The minimum Gasteiger partial charge on any atom is -0.426 e. The second-order valence-corrected chi connectivity index (χ2v) is 8.26. The maximum atomic E-state index is 12.1. The topological polar surface area (TPSA) is 52.3 Å². The van der Waals surface area contributed by atoms with Crippen molar-refractivity contribution in [3.8, 4) is 5.75 Å². The molecular weight excluding hydrogens is 310 g/mol. The fourth-order valence-corrected chi connectivity index (χ4v) is 3.60. The Bertz CT molecular complexity index is 527. The van der Waals surface area contributed by atoms with Gasteiger partial charge in [-0.3, -0.25) is 4.79 Å². The van der Waals surface area contributed by atoms with Gasteiger partial charge in [0.2, 0.25) is 0 Å². The number of esters is 1. The number of rotatable bonds is 8. The fraction of sp³-hybridized carbons (Fsp3) is 0.682. The van der Waals surface area contributed by atoms with Gasteiger partial charge in [0, 0.05) is 6.54 Å². The van der Waals surface area contributed by atoms with Gasteiger partial charge in [-0.25, -0.2) is 0 Å². The van der Waals surface area contributed by atoms with Crippen LogP contribution in [0.1, 0.15) is 83.6 Å². The summed E-state index contributed by atoms with van der Waals surface area (Å²) in [6.07, 6.45) is 10.8. The number of nitrogens with two attached hydrogens (primary N) is 1. The van der Waals surface area contributed by atoms with E-state index in [0.29, 0.717) is 11.7 Å². The molecule has 1 saturated carbocycles. The average Bonchev–Trinajstić information content (AvgIpc) is 2.63. The predicted octanol–water partition coefficient (Wildman–Crippen LogP) is 5.43. The first-order valence-corrected chi connectivity index (χ1v) is 9.98. The molecule has 0 aromatic heterocycles. The predicted molar refractivity (Wildman–Crippen MR) is 104 cm³/mol. The number of hydrogen-bond donors (Lipinski definition) is 1. The number of ether oxygens (including phenoxy) is 1. The molecule has 0 heterocycles. The molecule has 0 aliphatic heterocycles. The van der Waals surface area contributed by atoms with Crippen molar-refractivity contribution < 1.29 is 9.53 Å². The Morgan fingerprint density at radius 2 is 1.76 bits per heavy atom. The molecule has 140 valence electrons. The molecule has 2 N–H and O–H groups in total. The molecule has 1 fully saturated rings. The van der Waals surface area contributed by atoms with Crippen LogP contribution in [0.25, 0.3) is 0 Å². The van der Waals surface area contributed by atoms with Gasteiger partial charge in [-0.2, -0.15) is 0 Å². The van der Waals surface area contributed by atoms with Crippen molar-refractivity contribution >= 4 is 5.97 Å². The summed E-state index contributed by atoms with van der Waals surface area (Å²) in [6.45, 7) is 6.17. The van der Waals surface area contributed by atoms with Crippen LogP contribution in [-0.2, 0) is 4.79 Å². The highest BCUT2D eigenvalue weighted by molar-refractivity contribution is 5.78. The maximum Gasteiger partial charge on any atom is 0.318 e.